The fourth-order valence-corrected chi connectivity index (χ4v) is 5.04. The van der Waals surface area contributed by atoms with Gasteiger partial charge in [0.05, 0.1) is 23.8 Å². The fraction of sp³-hybridized carbons (Fsp3) is 0.385. The lowest BCUT2D eigenvalue weighted by molar-refractivity contribution is 0.102. The fourth-order valence-electron chi connectivity index (χ4n) is 5.04. The number of hydrogen-bond acceptors (Lipinski definition) is 8. The van der Waals surface area contributed by atoms with Gasteiger partial charge in [0.1, 0.15) is 22.7 Å². The number of fused-ring (bicyclic) bond motifs is 2. The number of aryl methyl sites for hydroxylation is 1. The lowest BCUT2D eigenvalue weighted by Gasteiger charge is -2.37. The summed E-state index contributed by atoms with van der Waals surface area (Å²) in [5.41, 5.74) is 4.64. The van der Waals surface area contributed by atoms with E-state index in [4.69, 9.17) is 9.26 Å². The zero-order valence-corrected chi connectivity index (χ0v) is 20.7. The van der Waals surface area contributed by atoms with Crippen molar-refractivity contribution in [2.24, 2.45) is 0 Å². The Kier molecular flexibility index (Phi) is 5.40. The predicted octanol–water partition coefficient (Wildman–Crippen LogP) is 3.31. The van der Waals surface area contributed by atoms with E-state index in [-0.39, 0.29) is 11.5 Å². The first kappa shape index (κ1) is 22.5. The van der Waals surface area contributed by atoms with Crippen molar-refractivity contribution in [1.82, 2.24) is 24.7 Å². The van der Waals surface area contributed by atoms with Gasteiger partial charge in [-0.2, -0.15) is 5.10 Å². The molecular formula is C26H29N7O3. The number of anilines is 2. The van der Waals surface area contributed by atoms with E-state index in [9.17, 15) is 4.79 Å². The highest BCUT2D eigenvalue weighted by molar-refractivity contribution is 6.09. The zero-order valence-electron chi connectivity index (χ0n) is 20.7. The minimum Gasteiger partial charge on any atom is -0.487 e. The molecule has 3 aromatic heterocycles. The molecule has 0 atom stereocenters. The Labute approximate surface area is 208 Å². The van der Waals surface area contributed by atoms with Gasteiger partial charge in [-0.15, -0.1) is 0 Å². The highest BCUT2D eigenvalue weighted by Gasteiger charge is 2.32. The maximum Gasteiger partial charge on any atom is 0.261 e. The number of nitrogens with one attached hydrogen (secondary N) is 1. The Morgan fingerprint density at radius 1 is 1.17 bits per heavy atom. The average molecular weight is 488 g/mol. The number of amides is 1. The third kappa shape index (κ3) is 4.17. The summed E-state index contributed by atoms with van der Waals surface area (Å²) in [6.45, 7) is 10.4. The Balaban J connectivity index is 1.26. The molecular weight excluding hydrogens is 458 g/mol. The second-order valence-electron chi connectivity index (χ2n) is 10.1. The molecule has 1 aromatic carbocycles. The Morgan fingerprint density at radius 3 is 2.78 bits per heavy atom. The van der Waals surface area contributed by atoms with Gasteiger partial charge in [0.25, 0.3) is 5.91 Å². The van der Waals surface area contributed by atoms with Crippen molar-refractivity contribution in [3.8, 4) is 5.75 Å². The summed E-state index contributed by atoms with van der Waals surface area (Å²) in [5, 5.41) is 11.3. The van der Waals surface area contributed by atoms with Gasteiger partial charge in [0.2, 0.25) is 0 Å². The van der Waals surface area contributed by atoms with E-state index in [0.717, 1.165) is 73.2 Å². The highest BCUT2D eigenvalue weighted by Crippen LogP contribution is 2.42. The Hall–Kier alpha value is -3.92. The number of rotatable bonds is 5. The molecule has 5 heterocycles. The van der Waals surface area contributed by atoms with Gasteiger partial charge in [-0.05, 0) is 32.9 Å². The van der Waals surface area contributed by atoms with Gasteiger partial charge in [0.15, 0.2) is 5.65 Å². The molecule has 0 unspecified atom stereocenters. The third-order valence-electron chi connectivity index (χ3n) is 6.91. The van der Waals surface area contributed by atoms with Crippen LogP contribution in [0.15, 0.2) is 47.5 Å². The van der Waals surface area contributed by atoms with Crippen molar-refractivity contribution in [2.45, 2.75) is 39.3 Å². The van der Waals surface area contributed by atoms with Crippen LogP contribution in [0.4, 0.5) is 11.4 Å². The molecule has 2 aliphatic rings. The third-order valence-corrected chi connectivity index (χ3v) is 6.91. The summed E-state index contributed by atoms with van der Waals surface area (Å²) in [5.74, 6) is 1.51. The first-order chi connectivity index (χ1) is 17.4. The first-order valence-electron chi connectivity index (χ1n) is 12.2. The normalized spacial score (nSPS) is 17.2. The van der Waals surface area contributed by atoms with Crippen molar-refractivity contribution in [3.63, 3.8) is 0 Å². The minimum absolute atomic E-state index is 0.232. The molecule has 1 amide bonds. The number of aromatic nitrogens is 4. The monoisotopic (exact) mass is 487 g/mol. The molecule has 2 aliphatic heterocycles. The molecule has 10 heteroatoms. The summed E-state index contributed by atoms with van der Waals surface area (Å²) in [7, 11) is 0. The number of nitrogens with zero attached hydrogens (tertiary/aromatic N) is 6. The maximum atomic E-state index is 13.3. The van der Waals surface area contributed by atoms with Crippen molar-refractivity contribution >= 4 is 22.9 Å². The molecule has 0 aliphatic carbocycles. The van der Waals surface area contributed by atoms with E-state index >= 15 is 0 Å². The van der Waals surface area contributed by atoms with E-state index in [1.54, 1.807) is 35.4 Å². The van der Waals surface area contributed by atoms with E-state index < -0.39 is 0 Å². The minimum atomic E-state index is -0.274. The number of piperazine rings is 1. The quantitative estimate of drug-likeness (QED) is 0.458. The van der Waals surface area contributed by atoms with Crippen LogP contribution < -0.4 is 15.0 Å². The second kappa shape index (κ2) is 8.63. The molecule has 1 N–H and O–H groups in total. The summed E-state index contributed by atoms with van der Waals surface area (Å²) in [4.78, 5) is 22.4. The molecule has 186 valence electrons. The average Bonchev–Trinajstić information content (AvgIpc) is 3.54. The van der Waals surface area contributed by atoms with Crippen LogP contribution in [-0.4, -0.2) is 62.3 Å². The summed E-state index contributed by atoms with van der Waals surface area (Å²) >= 11 is 0. The smallest absolute Gasteiger partial charge is 0.261 e. The topological polar surface area (TPSA) is 101 Å². The van der Waals surface area contributed by atoms with Gasteiger partial charge in [-0.3, -0.25) is 9.69 Å². The van der Waals surface area contributed by atoms with Gasteiger partial charge in [-0.1, -0.05) is 5.16 Å². The Bertz CT molecular complexity index is 1430. The van der Waals surface area contributed by atoms with Crippen molar-refractivity contribution in [1.29, 1.82) is 0 Å². The number of ether oxygens (including phenoxy) is 1. The zero-order chi connectivity index (χ0) is 24.9. The molecule has 4 aromatic rings. The lowest BCUT2D eigenvalue weighted by Crippen LogP contribution is -2.46. The molecule has 0 saturated carbocycles. The summed E-state index contributed by atoms with van der Waals surface area (Å²) < 4.78 is 13.0. The van der Waals surface area contributed by atoms with E-state index in [1.807, 2.05) is 6.92 Å². The van der Waals surface area contributed by atoms with Gasteiger partial charge in [-0.25, -0.2) is 9.50 Å². The predicted molar refractivity (Wildman–Crippen MR) is 135 cm³/mol. The van der Waals surface area contributed by atoms with Gasteiger partial charge >= 0.3 is 0 Å². The van der Waals surface area contributed by atoms with Crippen molar-refractivity contribution in [2.75, 3.05) is 36.4 Å². The van der Waals surface area contributed by atoms with E-state index in [0.29, 0.717) is 11.2 Å². The van der Waals surface area contributed by atoms with Crippen LogP contribution in [0.2, 0.25) is 0 Å². The first-order valence-corrected chi connectivity index (χ1v) is 12.2. The standard InChI is InChI=1S/C26H29N7O3/c1-17-19(14-29-36-17)16-31-7-9-32(10-8-31)22-12-23-18(13-26(2,3)35-23)11-21(22)30-25(34)20-15-28-33-6-4-5-27-24(20)33/h4-6,11-12,14-15H,7-10,13,16H2,1-3H3,(H,30,34). The molecule has 0 spiro atoms. The molecule has 0 bridgehead atoms. The summed E-state index contributed by atoms with van der Waals surface area (Å²) in [6, 6.07) is 5.92. The molecule has 1 saturated heterocycles. The number of hydrogen-bond donors (Lipinski definition) is 1. The lowest BCUT2D eigenvalue weighted by atomic mass is 10.0. The summed E-state index contributed by atoms with van der Waals surface area (Å²) in [6.07, 6.45) is 7.58. The van der Waals surface area contributed by atoms with Crippen LogP contribution in [0.5, 0.6) is 5.75 Å². The van der Waals surface area contributed by atoms with Crippen LogP contribution in [0.1, 0.15) is 41.1 Å². The number of carbonyl (C=O) groups excluding carboxylic acids is 1. The van der Waals surface area contributed by atoms with E-state index in [1.165, 1.54) is 0 Å². The van der Waals surface area contributed by atoms with Crippen LogP contribution in [0.3, 0.4) is 0 Å². The number of carbonyl (C=O) groups is 1. The molecule has 1 fully saturated rings. The van der Waals surface area contributed by atoms with E-state index in [2.05, 4.69) is 56.3 Å². The largest absolute Gasteiger partial charge is 0.487 e. The van der Waals surface area contributed by atoms with Crippen LogP contribution in [-0.2, 0) is 13.0 Å². The van der Waals surface area contributed by atoms with Crippen LogP contribution in [0.25, 0.3) is 5.65 Å². The molecule has 6 rings (SSSR count). The molecule has 0 radical (unpaired) electrons. The van der Waals surface area contributed by atoms with Gasteiger partial charge < -0.3 is 19.5 Å². The van der Waals surface area contributed by atoms with Gasteiger partial charge in [0, 0.05) is 68.7 Å². The SMILES string of the molecule is Cc1oncc1CN1CCN(c2cc3c(cc2NC(=O)c2cnn4cccnc24)CC(C)(C)O3)CC1. The van der Waals surface area contributed by atoms with Crippen LogP contribution >= 0.6 is 0 Å². The van der Waals surface area contributed by atoms with Crippen molar-refractivity contribution < 1.29 is 14.1 Å². The second-order valence-corrected chi connectivity index (χ2v) is 10.1. The van der Waals surface area contributed by atoms with Crippen LogP contribution in [0, 0.1) is 6.92 Å². The Morgan fingerprint density at radius 2 is 2.00 bits per heavy atom. The number of benzene rings is 1. The molecule has 36 heavy (non-hydrogen) atoms. The maximum absolute atomic E-state index is 13.3. The van der Waals surface area contributed by atoms with Crippen molar-refractivity contribution in [3.05, 3.63) is 65.4 Å². The molecule has 10 nitrogen and oxygen atoms in total. The highest BCUT2D eigenvalue weighted by atomic mass is 16.5.